The molecule has 1 aromatic rings. The lowest BCUT2D eigenvalue weighted by atomic mass is 9.82. The molecule has 2 aliphatic heterocycles. The van der Waals surface area contributed by atoms with E-state index >= 15 is 0 Å². The molecule has 5 heteroatoms. The van der Waals surface area contributed by atoms with Crippen LogP contribution in [-0.4, -0.2) is 52.4 Å². The van der Waals surface area contributed by atoms with Crippen LogP contribution in [0.5, 0.6) is 5.75 Å². The van der Waals surface area contributed by atoms with E-state index in [1.54, 1.807) is 12.1 Å². The van der Waals surface area contributed by atoms with E-state index in [0.29, 0.717) is 32.5 Å². The Bertz CT molecular complexity index is 534. The predicted octanol–water partition coefficient (Wildman–Crippen LogP) is 1.86. The standard InChI is InChI=1S/C18H25NO4/c20-15-6-3-14(4-7-15)5-8-17(22)19-11-9-18(10-12-19)16(21)2-1-13-23-18/h3-4,6-7,16,20-21H,1-2,5,8-13H2/t16-/m0/s1. The van der Waals surface area contributed by atoms with Crippen LogP contribution in [0.4, 0.5) is 0 Å². The number of carbonyl (C=O) groups excluding carboxylic acids is 1. The molecule has 126 valence electrons. The third-order valence-electron chi connectivity index (χ3n) is 5.15. The highest BCUT2D eigenvalue weighted by Crippen LogP contribution is 2.35. The summed E-state index contributed by atoms with van der Waals surface area (Å²) in [5.41, 5.74) is 0.627. The lowest BCUT2D eigenvalue weighted by Crippen LogP contribution is -2.56. The van der Waals surface area contributed by atoms with Crippen LogP contribution >= 0.6 is 0 Å². The van der Waals surface area contributed by atoms with Crippen molar-refractivity contribution in [2.75, 3.05) is 19.7 Å². The Morgan fingerprint density at radius 3 is 2.61 bits per heavy atom. The molecule has 0 saturated carbocycles. The molecule has 1 aromatic carbocycles. The van der Waals surface area contributed by atoms with Gasteiger partial charge in [0.15, 0.2) is 0 Å². The summed E-state index contributed by atoms with van der Waals surface area (Å²) >= 11 is 0. The number of hydrogen-bond donors (Lipinski definition) is 2. The Labute approximate surface area is 136 Å². The second-order valence-corrected chi connectivity index (χ2v) is 6.62. The van der Waals surface area contributed by atoms with E-state index in [9.17, 15) is 15.0 Å². The van der Waals surface area contributed by atoms with Gasteiger partial charge >= 0.3 is 0 Å². The van der Waals surface area contributed by atoms with Crippen molar-refractivity contribution < 1.29 is 19.7 Å². The number of benzene rings is 1. The van der Waals surface area contributed by atoms with Gasteiger partial charge in [0.05, 0.1) is 11.7 Å². The zero-order valence-electron chi connectivity index (χ0n) is 13.4. The van der Waals surface area contributed by atoms with Crippen molar-refractivity contribution in [2.45, 2.75) is 50.2 Å². The number of aromatic hydroxyl groups is 1. The number of phenolic OH excluding ortho intramolecular Hbond substituents is 1. The smallest absolute Gasteiger partial charge is 0.222 e. The van der Waals surface area contributed by atoms with E-state index in [2.05, 4.69) is 0 Å². The zero-order valence-corrected chi connectivity index (χ0v) is 13.4. The maximum absolute atomic E-state index is 12.4. The van der Waals surface area contributed by atoms with Gasteiger partial charge in [-0.2, -0.15) is 0 Å². The van der Waals surface area contributed by atoms with Gasteiger partial charge in [-0.15, -0.1) is 0 Å². The maximum atomic E-state index is 12.4. The molecule has 0 bridgehead atoms. The fourth-order valence-corrected chi connectivity index (χ4v) is 3.60. The molecule has 2 aliphatic rings. The van der Waals surface area contributed by atoms with E-state index in [1.165, 1.54) is 0 Å². The quantitative estimate of drug-likeness (QED) is 0.892. The van der Waals surface area contributed by atoms with E-state index in [4.69, 9.17) is 4.74 Å². The van der Waals surface area contributed by atoms with Gasteiger partial charge in [0.2, 0.25) is 5.91 Å². The minimum absolute atomic E-state index is 0.151. The van der Waals surface area contributed by atoms with Crippen molar-refractivity contribution in [3.63, 3.8) is 0 Å². The van der Waals surface area contributed by atoms with Crippen LogP contribution in [-0.2, 0) is 16.0 Å². The number of amides is 1. The largest absolute Gasteiger partial charge is 0.508 e. The van der Waals surface area contributed by atoms with Gasteiger partial charge in [-0.25, -0.2) is 0 Å². The lowest BCUT2D eigenvalue weighted by Gasteiger charge is -2.46. The topological polar surface area (TPSA) is 70.0 Å². The van der Waals surface area contributed by atoms with Crippen LogP contribution in [0.25, 0.3) is 0 Å². The first kappa shape index (κ1) is 16.3. The number of aliphatic hydroxyl groups excluding tert-OH is 1. The van der Waals surface area contributed by atoms with Gasteiger partial charge < -0.3 is 19.8 Å². The molecule has 5 nitrogen and oxygen atoms in total. The molecule has 2 N–H and O–H groups in total. The van der Waals surface area contributed by atoms with Crippen molar-refractivity contribution >= 4 is 5.91 Å². The molecule has 3 rings (SSSR count). The van der Waals surface area contributed by atoms with E-state index < -0.39 is 11.7 Å². The van der Waals surface area contributed by atoms with Crippen LogP contribution in [0.15, 0.2) is 24.3 Å². The van der Waals surface area contributed by atoms with Gasteiger partial charge in [-0.1, -0.05) is 12.1 Å². The summed E-state index contributed by atoms with van der Waals surface area (Å²) in [4.78, 5) is 14.2. The molecule has 0 aliphatic carbocycles. The molecule has 23 heavy (non-hydrogen) atoms. The van der Waals surface area contributed by atoms with Gasteiger partial charge in [-0.05, 0) is 49.8 Å². The lowest BCUT2D eigenvalue weighted by molar-refractivity contribution is -0.179. The summed E-state index contributed by atoms with van der Waals surface area (Å²) in [6.07, 6.45) is 3.91. The number of aliphatic hydroxyl groups is 1. The highest BCUT2D eigenvalue weighted by atomic mass is 16.5. The number of nitrogens with zero attached hydrogens (tertiary/aromatic N) is 1. The van der Waals surface area contributed by atoms with Crippen LogP contribution in [0.2, 0.25) is 0 Å². The SMILES string of the molecule is O=C(CCc1ccc(O)cc1)N1CCC2(CC1)OCCC[C@@H]2O. The Balaban J connectivity index is 1.49. The predicted molar refractivity (Wildman–Crippen MR) is 86.2 cm³/mol. The Morgan fingerprint density at radius 1 is 1.26 bits per heavy atom. The third-order valence-corrected chi connectivity index (χ3v) is 5.15. The minimum atomic E-state index is -0.425. The fourth-order valence-electron chi connectivity index (χ4n) is 3.60. The fraction of sp³-hybridized carbons (Fsp3) is 0.611. The van der Waals surface area contributed by atoms with Gasteiger partial charge in [0, 0.05) is 26.1 Å². The molecule has 0 unspecified atom stereocenters. The monoisotopic (exact) mass is 319 g/mol. The molecule has 0 radical (unpaired) electrons. The Morgan fingerprint density at radius 2 is 1.96 bits per heavy atom. The van der Waals surface area contributed by atoms with Gasteiger partial charge in [-0.3, -0.25) is 4.79 Å². The van der Waals surface area contributed by atoms with Gasteiger partial charge in [0.1, 0.15) is 5.75 Å². The Hall–Kier alpha value is -1.59. The zero-order chi connectivity index (χ0) is 16.3. The summed E-state index contributed by atoms with van der Waals surface area (Å²) < 4.78 is 5.88. The number of phenols is 1. The van der Waals surface area contributed by atoms with Crippen LogP contribution in [0.3, 0.4) is 0 Å². The average molecular weight is 319 g/mol. The number of rotatable bonds is 3. The highest BCUT2D eigenvalue weighted by molar-refractivity contribution is 5.76. The van der Waals surface area contributed by atoms with Crippen molar-refractivity contribution in [3.8, 4) is 5.75 Å². The van der Waals surface area contributed by atoms with E-state index in [1.807, 2.05) is 17.0 Å². The number of aryl methyl sites for hydroxylation is 1. The number of carbonyl (C=O) groups is 1. The van der Waals surface area contributed by atoms with Gasteiger partial charge in [0.25, 0.3) is 0 Å². The molecule has 1 amide bonds. The maximum Gasteiger partial charge on any atom is 0.222 e. The van der Waals surface area contributed by atoms with Crippen molar-refractivity contribution in [1.82, 2.24) is 4.90 Å². The first-order chi connectivity index (χ1) is 11.1. The minimum Gasteiger partial charge on any atom is -0.508 e. The molecule has 2 heterocycles. The Kier molecular flexibility index (Phi) is 4.87. The van der Waals surface area contributed by atoms with Crippen LogP contribution < -0.4 is 0 Å². The highest BCUT2D eigenvalue weighted by Gasteiger charge is 2.44. The summed E-state index contributed by atoms with van der Waals surface area (Å²) in [6, 6.07) is 6.98. The third kappa shape index (κ3) is 3.67. The number of ether oxygens (including phenoxy) is 1. The molecule has 2 saturated heterocycles. The number of likely N-dealkylation sites (tertiary alicyclic amines) is 1. The van der Waals surface area contributed by atoms with Crippen molar-refractivity contribution in [2.24, 2.45) is 0 Å². The molecule has 0 aromatic heterocycles. The molecular weight excluding hydrogens is 294 g/mol. The first-order valence-corrected chi connectivity index (χ1v) is 8.47. The molecular formula is C18H25NO4. The number of piperidine rings is 1. The van der Waals surface area contributed by atoms with Crippen molar-refractivity contribution in [1.29, 1.82) is 0 Å². The second kappa shape index (κ2) is 6.89. The van der Waals surface area contributed by atoms with Crippen molar-refractivity contribution in [3.05, 3.63) is 29.8 Å². The number of hydrogen-bond acceptors (Lipinski definition) is 4. The van der Waals surface area contributed by atoms with Crippen LogP contribution in [0.1, 0.15) is 37.7 Å². The molecule has 1 spiro atoms. The summed E-state index contributed by atoms with van der Waals surface area (Å²) in [5.74, 6) is 0.394. The first-order valence-electron chi connectivity index (χ1n) is 8.47. The molecule has 2 fully saturated rings. The average Bonchev–Trinajstić information content (AvgIpc) is 2.58. The normalized spacial score (nSPS) is 23.9. The van der Waals surface area contributed by atoms with Crippen LogP contribution in [0, 0.1) is 0 Å². The van der Waals surface area contributed by atoms with E-state index in [-0.39, 0.29) is 11.7 Å². The second-order valence-electron chi connectivity index (χ2n) is 6.62. The summed E-state index contributed by atoms with van der Waals surface area (Å²) in [7, 11) is 0. The van der Waals surface area contributed by atoms with E-state index in [0.717, 1.165) is 31.2 Å². The summed E-state index contributed by atoms with van der Waals surface area (Å²) in [5, 5.41) is 19.5. The molecule has 1 atom stereocenters. The summed E-state index contributed by atoms with van der Waals surface area (Å²) in [6.45, 7) is 2.03.